The molecule has 5 aliphatic carbocycles. The van der Waals surface area contributed by atoms with Gasteiger partial charge in [0.1, 0.15) is 6.10 Å². The number of carboxylic acid groups (broad SMARTS) is 2. The summed E-state index contributed by atoms with van der Waals surface area (Å²) >= 11 is 0. The van der Waals surface area contributed by atoms with Gasteiger partial charge in [-0.3, -0.25) is 9.59 Å². The lowest BCUT2D eigenvalue weighted by Gasteiger charge is -2.70. The first-order chi connectivity index (χ1) is 20.8. The number of benzene rings is 1. The summed E-state index contributed by atoms with van der Waals surface area (Å²) in [4.78, 5) is 52.1. The maximum Gasteiger partial charge on any atom is 0.339 e. The molecule has 0 aliphatic heterocycles. The normalized spacial score (nSPS) is 43.4. The second-order valence-electron chi connectivity index (χ2n) is 17.2. The van der Waals surface area contributed by atoms with Gasteiger partial charge < -0.3 is 14.9 Å². The second-order valence-corrected chi connectivity index (χ2v) is 17.2. The predicted molar refractivity (Wildman–Crippen MR) is 170 cm³/mol. The van der Waals surface area contributed by atoms with Crippen molar-refractivity contribution in [1.82, 2.24) is 0 Å². The number of ketones is 1. The van der Waals surface area contributed by atoms with E-state index in [9.17, 15) is 29.4 Å². The summed E-state index contributed by atoms with van der Waals surface area (Å²) in [5, 5.41) is 19.8. The van der Waals surface area contributed by atoms with Gasteiger partial charge in [-0.1, -0.05) is 59.2 Å². The summed E-state index contributed by atoms with van der Waals surface area (Å²) in [7, 11) is 0. The first kappa shape index (κ1) is 32.0. The van der Waals surface area contributed by atoms with Crippen molar-refractivity contribution in [3.63, 3.8) is 0 Å². The molecule has 0 bridgehead atoms. The first-order valence-electron chi connectivity index (χ1n) is 16.9. The molecule has 4 fully saturated rings. The third-order valence-electron chi connectivity index (χ3n) is 14.7. The highest BCUT2D eigenvalue weighted by Crippen LogP contribution is 2.75. The number of ether oxygens (including phenoxy) is 1. The van der Waals surface area contributed by atoms with Crippen molar-refractivity contribution in [1.29, 1.82) is 0 Å². The Bertz CT molecular complexity index is 1510. The van der Waals surface area contributed by atoms with Crippen molar-refractivity contribution in [3.05, 3.63) is 47.0 Å². The van der Waals surface area contributed by atoms with Gasteiger partial charge in [-0.15, -0.1) is 0 Å². The van der Waals surface area contributed by atoms with Gasteiger partial charge in [-0.2, -0.15) is 0 Å². The van der Waals surface area contributed by atoms with Gasteiger partial charge in [-0.25, -0.2) is 9.59 Å². The molecule has 6 rings (SSSR count). The average Bonchev–Trinajstić information content (AvgIpc) is 2.96. The van der Waals surface area contributed by atoms with Crippen LogP contribution >= 0.6 is 0 Å². The highest BCUT2D eigenvalue weighted by molar-refractivity contribution is 6.02. The highest BCUT2D eigenvalue weighted by Gasteiger charge is 2.70. The van der Waals surface area contributed by atoms with Crippen molar-refractivity contribution in [2.45, 2.75) is 112 Å². The standard InChI is InChI=1S/C38H50O7/c1-33(2)27-12-15-38(7)29(36(27,5)14-13-28(33)45-31(42)23-11-9-8-10-22(23)30(40)41)26(39)20-24-25-21-35(4,32(43)44)17-16-34(25,3)18-19-37(24,38)6/h8-11,20,25,27-29H,12-19,21H2,1-7H3,(H,40,41)(H,43,44)/t25-,27-,28-,29+,34+,35-,36-,37+,38+/m0/s1. The maximum atomic E-state index is 14.6. The fourth-order valence-electron chi connectivity index (χ4n) is 11.6. The summed E-state index contributed by atoms with van der Waals surface area (Å²) in [5.41, 5.74) is -0.770. The van der Waals surface area contributed by atoms with Crippen LogP contribution in [-0.4, -0.2) is 40.0 Å². The number of fused-ring (bicyclic) bond motifs is 7. The molecule has 7 nitrogen and oxygen atoms in total. The van der Waals surface area contributed by atoms with Crippen LogP contribution in [0.3, 0.4) is 0 Å². The Morgan fingerprint density at radius 3 is 2.11 bits per heavy atom. The Hall–Kier alpha value is -2.96. The van der Waals surface area contributed by atoms with Gasteiger partial charge in [-0.05, 0) is 116 Å². The minimum Gasteiger partial charge on any atom is -0.481 e. The molecule has 0 aromatic heterocycles. The largest absolute Gasteiger partial charge is 0.481 e. The zero-order valence-corrected chi connectivity index (χ0v) is 28.0. The summed E-state index contributed by atoms with van der Waals surface area (Å²) < 4.78 is 6.13. The van der Waals surface area contributed by atoms with E-state index in [4.69, 9.17) is 4.74 Å². The molecule has 45 heavy (non-hydrogen) atoms. The smallest absolute Gasteiger partial charge is 0.339 e. The van der Waals surface area contributed by atoms with Gasteiger partial charge in [0.25, 0.3) is 0 Å². The molecule has 9 atom stereocenters. The monoisotopic (exact) mass is 618 g/mol. The number of aromatic carboxylic acids is 1. The van der Waals surface area contributed by atoms with E-state index in [2.05, 4.69) is 41.5 Å². The average molecular weight is 619 g/mol. The van der Waals surface area contributed by atoms with Crippen LogP contribution in [0, 0.1) is 50.2 Å². The van der Waals surface area contributed by atoms with Crippen LogP contribution in [0.5, 0.6) is 0 Å². The summed E-state index contributed by atoms with van der Waals surface area (Å²) in [6, 6.07) is 6.17. The lowest BCUT2D eigenvalue weighted by atomic mass is 9.33. The molecule has 0 saturated heterocycles. The van der Waals surface area contributed by atoms with Crippen LogP contribution in [0.2, 0.25) is 0 Å². The number of hydrogen-bond acceptors (Lipinski definition) is 5. The summed E-state index contributed by atoms with van der Waals surface area (Å²) in [5.74, 6) is -2.29. The van der Waals surface area contributed by atoms with Crippen molar-refractivity contribution in [2.24, 2.45) is 50.2 Å². The number of carboxylic acids is 2. The number of aliphatic carboxylic acids is 1. The van der Waals surface area contributed by atoms with Crippen LogP contribution in [0.4, 0.5) is 0 Å². The van der Waals surface area contributed by atoms with E-state index in [-0.39, 0.29) is 56.3 Å². The third-order valence-corrected chi connectivity index (χ3v) is 14.7. The number of esters is 1. The number of carbonyl (C=O) groups is 4. The van der Waals surface area contributed by atoms with Crippen molar-refractivity contribution in [3.8, 4) is 0 Å². The van der Waals surface area contributed by atoms with E-state index in [1.807, 2.05) is 13.0 Å². The molecular formula is C38H50O7. The van der Waals surface area contributed by atoms with Gasteiger partial charge in [0.05, 0.1) is 16.5 Å². The van der Waals surface area contributed by atoms with E-state index in [0.717, 1.165) is 38.5 Å². The lowest BCUT2D eigenvalue weighted by Crippen LogP contribution is -2.66. The van der Waals surface area contributed by atoms with Crippen LogP contribution < -0.4 is 0 Å². The fraction of sp³-hybridized carbons (Fsp3) is 0.684. The number of rotatable bonds is 4. The van der Waals surface area contributed by atoms with Crippen LogP contribution in [0.1, 0.15) is 127 Å². The van der Waals surface area contributed by atoms with Gasteiger partial charge in [0.15, 0.2) is 5.78 Å². The van der Waals surface area contributed by atoms with Crippen LogP contribution in [-0.2, 0) is 14.3 Å². The first-order valence-corrected chi connectivity index (χ1v) is 16.9. The predicted octanol–water partition coefficient (Wildman–Crippen LogP) is 7.98. The molecule has 5 aliphatic rings. The topological polar surface area (TPSA) is 118 Å². The van der Waals surface area contributed by atoms with Crippen molar-refractivity contribution >= 4 is 23.7 Å². The Balaban J connectivity index is 1.33. The molecule has 0 amide bonds. The Labute approximate surface area is 267 Å². The zero-order chi connectivity index (χ0) is 33.0. The third kappa shape index (κ3) is 4.34. The molecule has 2 N–H and O–H groups in total. The number of carbonyl (C=O) groups excluding carboxylic acids is 2. The van der Waals surface area contributed by atoms with E-state index < -0.39 is 34.8 Å². The fourth-order valence-corrected chi connectivity index (χ4v) is 11.6. The van der Waals surface area contributed by atoms with Gasteiger partial charge in [0.2, 0.25) is 0 Å². The molecule has 0 radical (unpaired) electrons. The molecule has 4 saturated carbocycles. The molecule has 0 unspecified atom stereocenters. The number of allylic oxidation sites excluding steroid dienone is 2. The van der Waals surface area contributed by atoms with E-state index in [0.29, 0.717) is 19.3 Å². The minimum absolute atomic E-state index is 0.00800. The number of hydrogen-bond donors (Lipinski definition) is 2. The van der Waals surface area contributed by atoms with Crippen molar-refractivity contribution < 1.29 is 34.1 Å². The van der Waals surface area contributed by atoms with E-state index in [1.165, 1.54) is 17.7 Å². The quantitative estimate of drug-likeness (QED) is 0.329. The SMILES string of the molecule is CC1(C)[C@@H](OC(=O)c2ccccc2C(=O)O)CC[C@]2(C)[C@H]3C(=O)C=C4[C@@H]5C[C@@](C)(C(=O)O)CC[C@]5(C)CC[C@@]4(C)[C@]3(C)CC[C@@H]12. The summed E-state index contributed by atoms with van der Waals surface area (Å²) in [6.45, 7) is 15.5. The molecular weight excluding hydrogens is 568 g/mol. The molecule has 7 heteroatoms. The second kappa shape index (κ2) is 10.0. The van der Waals surface area contributed by atoms with Crippen molar-refractivity contribution in [2.75, 3.05) is 0 Å². The molecule has 244 valence electrons. The zero-order valence-electron chi connectivity index (χ0n) is 28.0. The molecule has 1 aromatic rings. The minimum atomic E-state index is -1.16. The van der Waals surface area contributed by atoms with E-state index >= 15 is 0 Å². The molecule has 0 spiro atoms. The summed E-state index contributed by atoms with van der Waals surface area (Å²) in [6.07, 6.45) is 8.86. The van der Waals surface area contributed by atoms with Gasteiger partial charge in [0, 0.05) is 11.3 Å². The Morgan fingerprint density at radius 1 is 0.822 bits per heavy atom. The Kier molecular flexibility index (Phi) is 7.12. The molecule has 1 aromatic carbocycles. The molecule has 0 heterocycles. The lowest BCUT2D eigenvalue weighted by molar-refractivity contribution is -0.202. The van der Waals surface area contributed by atoms with E-state index in [1.54, 1.807) is 12.1 Å². The van der Waals surface area contributed by atoms with Crippen LogP contribution in [0.15, 0.2) is 35.9 Å². The highest BCUT2D eigenvalue weighted by atomic mass is 16.5. The van der Waals surface area contributed by atoms with Crippen LogP contribution in [0.25, 0.3) is 0 Å². The maximum absolute atomic E-state index is 14.6. The Morgan fingerprint density at radius 2 is 1.47 bits per heavy atom. The van der Waals surface area contributed by atoms with Gasteiger partial charge >= 0.3 is 17.9 Å².